The molecule has 0 saturated carbocycles. The first-order chi connectivity index (χ1) is 9.49. The molecule has 8 heteroatoms. The lowest BCUT2D eigenvalue weighted by molar-refractivity contribution is -0.385. The quantitative estimate of drug-likeness (QED) is 0.487. The van der Waals surface area contributed by atoms with Gasteiger partial charge in [-0.3, -0.25) is 10.1 Å². The number of aliphatic hydroxyl groups is 1. The monoisotopic (exact) mass is 283 g/mol. The summed E-state index contributed by atoms with van der Waals surface area (Å²) in [7, 11) is 0. The summed E-state index contributed by atoms with van der Waals surface area (Å²) in [6.45, 7) is 2.46. The molecule has 0 aliphatic rings. The first-order valence-electron chi connectivity index (χ1n) is 6.22. The highest BCUT2D eigenvalue weighted by molar-refractivity contribution is 5.93. The molecule has 0 aliphatic carbocycles. The third-order valence-corrected chi connectivity index (χ3v) is 2.99. The molecule has 0 bridgehead atoms. The number of aromatic carboxylic acids is 1. The van der Waals surface area contributed by atoms with E-state index in [2.05, 4.69) is 10.3 Å². The van der Waals surface area contributed by atoms with Crippen molar-refractivity contribution in [3.8, 4) is 0 Å². The number of nitrogens with one attached hydrogen (secondary N) is 1. The number of carboxylic acids is 1. The Morgan fingerprint density at radius 3 is 2.80 bits per heavy atom. The number of aromatic nitrogens is 1. The second kappa shape index (κ2) is 7.39. The van der Waals surface area contributed by atoms with Gasteiger partial charge in [0.05, 0.1) is 4.92 Å². The van der Waals surface area contributed by atoms with E-state index >= 15 is 0 Å². The van der Waals surface area contributed by atoms with Crippen molar-refractivity contribution in [1.29, 1.82) is 0 Å². The highest BCUT2D eigenvalue weighted by atomic mass is 16.6. The second-order valence-electron chi connectivity index (χ2n) is 4.32. The number of nitro groups is 1. The largest absolute Gasteiger partial charge is 0.478 e. The summed E-state index contributed by atoms with van der Waals surface area (Å²) >= 11 is 0. The smallest absolute Gasteiger partial charge is 0.339 e. The molecule has 1 aromatic heterocycles. The van der Waals surface area contributed by atoms with E-state index in [0.717, 1.165) is 18.7 Å². The molecule has 110 valence electrons. The zero-order valence-electron chi connectivity index (χ0n) is 11.1. The Balaban J connectivity index is 2.89. The topological polar surface area (TPSA) is 126 Å². The number of pyridine rings is 1. The summed E-state index contributed by atoms with van der Waals surface area (Å²) < 4.78 is 0. The normalized spacial score (nSPS) is 11.9. The summed E-state index contributed by atoms with van der Waals surface area (Å²) in [4.78, 5) is 24.8. The average molecular weight is 283 g/mol. The molecule has 3 N–H and O–H groups in total. The van der Waals surface area contributed by atoms with Crippen molar-refractivity contribution < 1.29 is 19.9 Å². The van der Waals surface area contributed by atoms with Crippen LogP contribution in [-0.2, 0) is 0 Å². The maximum absolute atomic E-state index is 11.1. The lowest BCUT2D eigenvalue weighted by Gasteiger charge is -2.15. The molecule has 1 atom stereocenters. The van der Waals surface area contributed by atoms with Gasteiger partial charge in [-0.1, -0.05) is 13.3 Å². The zero-order chi connectivity index (χ0) is 15.1. The number of rotatable bonds is 8. The predicted octanol–water partition coefficient (Wildman–Crippen LogP) is 1.51. The molecule has 20 heavy (non-hydrogen) atoms. The standard InChI is InChI=1S/C12H17N3O5/c1-2-8(3-4-16)6-13-11-10(12(17)18)5-9(7-14-11)15(19)20/h5,7-8,16H,2-4,6H2,1H3,(H,13,14)(H,17,18). The molecule has 0 radical (unpaired) electrons. The van der Waals surface area contributed by atoms with Crippen molar-refractivity contribution in [3.05, 3.63) is 27.9 Å². The maximum Gasteiger partial charge on any atom is 0.339 e. The molecule has 0 aliphatic heterocycles. The molecule has 1 heterocycles. The SMILES string of the molecule is CCC(CCO)CNc1ncc([N+](=O)[O-])cc1C(=O)O. The van der Waals surface area contributed by atoms with Crippen molar-refractivity contribution in [3.63, 3.8) is 0 Å². The molecule has 8 nitrogen and oxygen atoms in total. The number of hydrogen-bond acceptors (Lipinski definition) is 6. The van der Waals surface area contributed by atoms with E-state index in [1.54, 1.807) is 0 Å². The Kier molecular flexibility index (Phi) is 5.85. The number of anilines is 1. The molecule has 1 aromatic rings. The van der Waals surface area contributed by atoms with Gasteiger partial charge >= 0.3 is 5.97 Å². The fourth-order valence-electron chi connectivity index (χ4n) is 1.73. The van der Waals surface area contributed by atoms with E-state index < -0.39 is 10.9 Å². The molecule has 0 saturated heterocycles. The van der Waals surface area contributed by atoms with Crippen LogP contribution in [0.25, 0.3) is 0 Å². The Bertz CT molecular complexity index is 492. The van der Waals surface area contributed by atoms with E-state index in [9.17, 15) is 14.9 Å². The summed E-state index contributed by atoms with van der Waals surface area (Å²) in [5, 5.41) is 31.4. The van der Waals surface area contributed by atoms with Gasteiger partial charge in [-0.05, 0) is 12.3 Å². The van der Waals surface area contributed by atoms with Crippen LogP contribution in [0.4, 0.5) is 11.5 Å². The van der Waals surface area contributed by atoms with Crippen LogP contribution >= 0.6 is 0 Å². The summed E-state index contributed by atoms with van der Waals surface area (Å²) in [6, 6.07) is 0.977. The predicted molar refractivity (Wildman–Crippen MR) is 71.8 cm³/mol. The van der Waals surface area contributed by atoms with E-state index in [0.29, 0.717) is 13.0 Å². The number of carboxylic acid groups (broad SMARTS) is 1. The fraction of sp³-hybridized carbons (Fsp3) is 0.500. The van der Waals surface area contributed by atoms with Gasteiger partial charge in [-0.2, -0.15) is 0 Å². The van der Waals surface area contributed by atoms with E-state index in [4.69, 9.17) is 10.2 Å². The van der Waals surface area contributed by atoms with Gasteiger partial charge in [0.1, 0.15) is 17.6 Å². The van der Waals surface area contributed by atoms with Crippen LogP contribution in [0.15, 0.2) is 12.3 Å². The van der Waals surface area contributed by atoms with Gasteiger partial charge in [0, 0.05) is 19.2 Å². The van der Waals surface area contributed by atoms with Gasteiger partial charge in [0.15, 0.2) is 0 Å². The van der Waals surface area contributed by atoms with Crippen LogP contribution in [-0.4, -0.2) is 39.2 Å². The van der Waals surface area contributed by atoms with E-state index in [1.165, 1.54) is 0 Å². The van der Waals surface area contributed by atoms with Crippen molar-refractivity contribution in [2.45, 2.75) is 19.8 Å². The molecule has 0 fully saturated rings. The minimum Gasteiger partial charge on any atom is -0.478 e. The van der Waals surface area contributed by atoms with Crippen LogP contribution in [0.1, 0.15) is 30.1 Å². The summed E-state index contributed by atoms with van der Waals surface area (Å²) in [6.07, 6.45) is 2.43. The molecule has 0 amide bonds. The molecule has 1 rings (SSSR count). The Labute approximate surface area is 115 Å². The highest BCUT2D eigenvalue weighted by Gasteiger charge is 2.18. The Morgan fingerprint density at radius 1 is 1.60 bits per heavy atom. The molecule has 0 aromatic carbocycles. The van der Waals surface area contributed by atoms with Gasteiger partial charge in [-0.25, -0.2) is 9.78 Å². The number of carbonyl (C=O) groups is 1. The number of aliphatic hydroxyl groups excluding tert-OH is 1. The number of hydrogen-bond donors (Lipinski definition) is 3. The van der Waals surface area contributed by atoms with Crippen LogP contribution in [0.3, 0.4) is 0 Å². The lowest BCUT2D eigenvalue weighted by atomic mass is 10.0. The molecular formula is C12H17N3O5. The molecule has 1 unspecified atom stereocenters. The van der Waals surface area contributed by atoms with Crippen molar-refractivity contribution in [1.82, 2.24) is 4.98 Å². The zero-order valence-corrected chi connectivity index (χ0v) is 11.1. The first-order valence-corrected chi connectivity index (χ1v) is 6.22. The highest BCUT2D eigenvalue weighted by Crippen LogP contribution is 2.20. The number of nitrogens with zero attached hydrogens (tertiary/aromatic N) is 2. The minimum absolute atomic E-state index is 0.0552. The van der Waals surface area contributed by atoms with Crippen LogP contribution in [0, 0.1) is 16.0 Å². The van der Waals surface area contributed by atoms with Crippen LogP contribution in [0.5, 0.6) is 0 Å². The average Bonchev–Trinajstić information content (AvgIpc) is 2.42. The third-order valence-electron chi connectivity index (χ3n) is 2.99. The van der Waals surface area contributed by atoms with Gasteiger partial charge < -0.3 is 15.5 Å². The Hall–Kier alpha value is -2.22. The van der Waals surface area contributed by atoms with Gasteiger partial charge in [0.2, 0.25) is 0 Å². The third kappa shape index (κ3) is 4.16. The van der Waals surface area contributed by atoms with Crippen molar-refractivity contribution >= 4 is 17.5 Å². The molecular weight excluding hydrogens is 266 g/mol. The first kappa shape index (κ1) is 15.8. The van der Waals surface area contributed by atoms with Crippen LogP contribution < -0.4 is 5.32 Å². The summed E-state index contributed by atoms with van der Waals surface area (Å²) in [5.41, 5.74) is -0.603. The van der Waals surface area contributed by atoms with E-state index in [1.807, 2.05) is 6.92 Å². The fourth-order valence-corrected chi connectivity index (χ4v) is 1.73. The van der Waals surface area contributed by atoms with Crippen LogP contribution in [0.2, 0.25) is 0 Å². The maximum atomic E-state index is 11.1. The minimum atomic E-state index is -1.28. The second-order valence-corrected chi connectivity index (χ2v) is 4.32. The van der Waals surface area contributed by atoms with E-state index in [-0.39, 0.29) is 29.6 Å². The lowest BCUT2D eigenvalue weighted by Crippen LogP contribution is -2.17. The Morgan fingerprint density at radius 2 is 2.30 bits per heavy atom. The van der Waals surface area contributed by atoms with Gasteiger partial charge in [-0.15, -0.1) is 0 Å². The van der Waals surface area contributed by atoms with Gasteiger partial charge in [0.25, 0.3) is 5.69 Å². The molecule has 0 spiro atoms. The van der Waals surface area contributed by atoms with Crippen molar-refractivity contribution in [2.24, 2.45) is 5.92 Å². The summed E-state index contributed by atoms with van der Waals surface area (Å²) in [5.74, 6) is -1.00. The van der Waals surface area contributed by atoms with Crippen molar-refractivity contribution in [2.75, 3.05) is 18.5 Å².